The second-order valence-corrected chi connectivity index (χ2v) is 4.03. The van der Waals surface area contributed by atoms with E-state index in [-0.39, 0.29) is 5.70 Å². The molecule has 0 heterocycles. The summed E-state index contributed by atoms with van der Waals surface area (Å²) in [6.07, 6.45) is -1.06. The van der Waals surface area contributed by atoms with E-state index >= 15 is 0 Å². The van der Waals surface area contributed by atoms with Crippen molar-refractivity contribution in [3.05, 3.63) is 12.3 Å². The Balaban J connectivity index is 2.80. The zero-order valence-corrected chi connectivity index (χ0v) is 9.19. The van der Waals surface area contributed by atoms with Gasteiger partial charge in [0.25, 0.3) is 11.8 Å². The van der Waals surface area contributed by atoms with E-state index in [1.165, 1.54) is 7.05 Å². The fourth-order valence-electron chi connectivity index (χ4n) is 1.75. The SMILES string of the molecule is C=C(NC)C1(NC(=O)C(C)=O)CC(F)(F)C1. The van der Waals surface area contributed by atoms with Crippen molar-refractivity contribution in [2.45, 2.75) is 31.2 Å². The minimum atomic E-state index is -2.82. The van der Waals surface area contributed by atoms with Crippen molar-refractivity contribution in [2.24, 2.45) is 0 Å². The van der Waals surface area contributed by atoms with Gasteiger partial charge in [0.15, 0.2) is 0 Å². The van der Waals surface area contributed by atoms with Crippen LogP contribution in [0.3, 0.4) is 0 Å². The number of Topliss-reactive ketones (excluding diaryl/α,β-unsaturated/α-hetero) is 1. The molecule has 0 bridgehead atoms. The lowest BCUT2D eigenvalue weighted by molar-refractivity contribution is -0.148. The maximum absolute atomic E-state index is 12.9. The normalized spacial score (nSPS) is 20.5. The summed E-state index contributed by atoms with van der Waals surface area (Å²) in [5.74, 6) is -4.39. The second-order valence-electron chi connectivity index (χ2n) is 4.03. The van der Waals surface area contributed by atoms with Crippen LogP contribution < -0.4 is 10.6 Å². The number of likely N-dealkylation sites (N-methyl/N-ethyl adjacent to an activating group) is 1. The van der Waals surface area contributed by atoms with Crippen LogP contribution >= 0.6 is 0 Å². The molecule has 0 aliphatic heterocycles. The highest BCUT2D eigenvalue weighted by molar-refractivity contribution is 6.35. The largest absolute Gasteiger partial charge is 0.390 e. The molecular weight excluding hydrogens is 218 g/mol. The Morgan fingerprint density at radius 2 is 1.81 bits per heavy atom. The van der Waals surface area contributed by atoms with Crippen molar-refractivity contribution >= 4 is 11.7 Å². The molecule has 1 fully saturated rings. The summed E-state index contributed by atoms with van der Waals surface area (Å²) < 4.78 is 25.8. The van der Waals surface area contributed by atoms with Crippen LogP contribution in [0, 0.1) is 0 Å². The van der Waals surface area contributed by atoms with Crippen LogP contribution in [0.25, 0.3) is 0 Å². The summed E-state index contributed by atoms with van der Waals surface area (Å²) in [5.41, 5.74) is -0.922. The number of halogens is 2. The van der Waals surface area contributed by atoms with Gasteiger partial charge in [-0.1, -0.05) is 6.58 Å². The van der Waals surface area contributed by atoms with Crippen LogP contribution in [0.15, 0.2) is 12.3 Å². The lowest BCUT2D eigenvalue weighted by Gasteiger charge is -2.48. The lowest BCUT2D eigenvalue weighted by Crippen LogP contribution is -2.65. The van der Waals surface area contributed by atoms with E-state index in [2.05, 4.69) is 17.2 Å². The summed E-state index contributed by atoms with van der Waals surface area (Å²) in [6.45, 7) is 4.66. The Morgan fingerprint density at radius 1 is 1.31 bits per heavy atom. The molecule has 1 amide bonds. The van der Waals surface area contributed by atoms with E-state index in [1.807, 2.05) is 0 Å². The average molecular weight is 232 g/mol. The van der Waals surface area contributed by atoms with Gasteiger partial charge in [0.2, 0.25) is 5.78 Å². The van der Waals surface area contributed by atoms with Crippen LogP contribution in [0.1, 0.15) is 19.8 Å². The first-order valence-corrected chi connectivity index (χ1v) is 4.80. The van der Waals surface area contributed by atoms with Gasteiger partial charge in [-0.2, -0.15) is 0 Å². The minimum absolute atomic E-state index is 0.285. The summed E-state index contributed by atoms with van der Waals surface area (Å²) in [4.78, 5) is 22.0. The molecular formula is C10H14F2N2O2. The molecule has 1 aliphatic carbocycles. The van der Waals surface area contributed by atoms with Gasteiger partial charge in [-0.25, -0.2) is 8.78 Å². The number of hydrogen-bond acceptors (Lipinski definition) is 3. The predicted molar refractivity (Wildman–Crippen MR) is 53.9 cm³/mol. The second kappa shape index (κ2) is 3.84. The summed E-state index contributed by atoms with van der Waals surface area (Å²) in [7, 11) is 1.53. The maximum Gasteiger partial charge on any atom is 0.287 e. The number of rotatable bonds is 4. The maximum atomic E-state index is 12.9. The van der Waals surface area contributed by atoms with Crippen LogP contribution in [-0.2, 0) is 9.59 Å². The highest BCUT2D eigenvalue weighted by Crippen LogP contribution is 2.48. The molecule has 0 aromatic heterocycles. The molecule has 1 rings (SSSR count). The number of hydrogen-bond donors (Lipinski definition) is 2. The van der Waals surface area contributed by atoms with Gasteiger partial charge < -0.3 is 10.6 Å². The topological polar surface area (TPSA) is 58.2 Å². The van der Waals surface area contributed by atoms with Gasteiger partial charge in [0.1, 0.15) is 0 Å². The highest BCUT2D eigenvalue weighted by atomic mass is 19.3. The molecule has 16 heavy (non-hydrogen) atoms. The van der Waals surface area contributed by atoms with Gasteiger partial charge in [0, 0.05) is 32.5 Å². The number of nitrogens with one attached hydrogen (secondary N) is 2. The van der Waals surface area contributed by atoms with E-state index in [0.29, 0.717) is 0 Å². The van der Waals surface area contributed by atoms with E-state index in [1.54, 1.807) is 0 Å². The molecule has 0 saturated heterocycles. The van der Waals surface area contributed by atoms with Crippen molar-refractivity contribution in [2.75, 3.05) is 7.05 Å². The van der Waals surface area contributed by atoms with Crippen molar-refractivity contribution in [3.63, 3.8) is 0 Å². The fourth-order valence-corrected chi connectivity index (χ4v) is 1.75. The third-order valence-corrected chi connectivity index (χ3v) is 2.67. The lowest BCUT2D eigenvalue weighted by atomic mass is 9.71. The third kappa shape index (κ3) is 2.20. The van der Waals surface area contributed by atoms with Crippen molar-refractivity contribution < 1.29 is 18.4 Å². The highest BCUT2D eigenvalue weighted by Gasteiger charge is 2.59. The molecule has 2 N–H and O–H groups in total. The first kappa shape index (κ1) is 12.6. The molecule has 1 aliphatic rings. The molecule has 90 valence electrons. The molecule has 0 aromatic carbocycles. The Bertz CT molecular complexity index is 345. The van der Waals surface area contributed by atoms with E-state index < -0.39 is 36.0 Å². The van der Waals surface area contributed by atoms with E-state index in [0.717, 1.165) is 6.92 Å². The van der Waals surface area contributed by atoms with Gasteiger partial charge in [0.05, 0.1) is 5.54 Å². The number of alkyl halides is 2. The van der Waals surface area contributed by atoms with Crippen molar-refractivity contribution in [1.29, 1.82) is 0 Å². The van der Waals surface area contributed by atoms with Crippen LogP contribution in [0.4, 0.5) is 8.78 Å². The molecule has 1 saturated carbocycles. The van der Waals surface area contributed by atoms with Gasteiger partial charge in [-0.3, -0.25) is 9.59 Å². The number of amides is 1. The van der Waals surface area contributed by atoms with Gasteiger partial charge in [-0.05, 0) is 0 Å². The number of carbonyl (C=O) groups excluding carboxylic acids is 2. The van der Waals surface area contributed by atoms with Crippen molar-refractivity contribution in [1.82, 2.24) is 10.6 Å². The summed E-state index contributed by atoms with van der Waals surface area (Å²) in [6, 6.07) is 0. The Morgan fingerprint density at radius 3 is 2.12 bits per heavy atom. The van der Waals surface area contributed by atoms with Gasteiger partial charge in [-0.15, -0.1) is 0 Å². The Hall–Kier alpha value is -1.46. The number of ketones is 1. The molecule has 0 unspecified atom stereocenters. The Labute approximate surface area is 92.1 Å². The fraction of sp³-hybridized carbons (Fsp3) is 0.600. The van der Waals surface area contributed by atoms with Crippen LogP contribution in [-0.4, -0.2) is 30.2 Å². The van der Waals surface area contributed by atoms with Gasteiger partial charge >= 0.3 is 0 Å². The Kier molecular flexibility index (Phi) is 3.03. The summed E-state index contributed by atoms with van der Waals surface area (Å²) in [5, 5.41) is 4.94. The zero-order valence-electron chi connectivity index (χ0n) is 9.19. The first-order valence-electron chi connectivity index (χ1n) is 4.80. The number of carbonyl (C=O) groups is 2. The molecule has 4 nitrogen and oxygen atoms in total. The standard InChI is InChI=1S/C10H14F2N2O2/c1-6(15)8(16)14-9(7(2)13-3)4-10(11,12)5-9/h13H,2,4-5H2,1,3H3,(H,14,16). The predicted octanol–water partition coefficient (Wildman–Crippen LogP) is 0.593. The molecule has 0 aromatic rings. The molecule has 6 heteroatoms. The molecule has 0 radical (unpaired) electrons. The van der Waals surface area contributed by atoms with Crippen LogP contribution in [0.2, 0.25) is 0 Å². The third-order valence-electron chi connectivity index (χ3n) is 2.67. The summed E-state index contributed by atoms with van der Waals surface area (Å²) >= 11 is 0. The van der Waals surface area contributed by atoms with Crippen molar-refractivity contribution in [3.8, 4) is 0 Å². The average Bonchev–Trinajstić information content (AvgIpc) is 2.12. The van der Waals surface area contributed by atoms with Crippen LogP contribution in [0.5, 0.6) is 0 Å². The first-order chi connectivity index (χ1) is 7.22. The molecule has 0 atom stereocenters. The monoisotopic (exact) mass is 232 g/mol. The van der Waals surface area contributed by atoms with E-state index in [9.17, 15) is 18.4 Å². The quantitative estimate of drug-likeness (QED) is 0.697. The zero-order chi connectivity index (χ0) is 12.6. The smallest absolute Gasteiger partial charge is 0.287 e. The molecule has 0 spiro atoms. The minimum Gasteiger partial charge on any atom is -0.390 e. The van der Waals surface area contributed by atoms with E-state index in [4.69, 9.17) is 0 Å².